The average molecular weight is 262 g/mol. The maximum absolute atomic E-state index is 11.2. The van der Waals surface area contributed by atoms with E-state index >= 15 is 0 Å². The molecule has 4 nitrogen and oxygen atoms in total. The van der Waals surface area contributed by atoms with Crippen molar-refractivity contribution in [2.24, 2.45) is 0 Å². The third kappa shape index (κ3) is 3.25. The van der Waals surface area contributed by atoms with E-state index in [0.717, 1.165) is 18.5 Å². The SMILES string of the molecule is CC(C)c1cc(C(=O)O)cc(NC2(C)CCCC2)n1. The number of pyridine rings is 1. The Labute approximate surface area is 114 Å². The van der Waals surface area contributed by atoms with Crippen LogP contribution in [-0.4, -0.2) is 21.6 Å². The van der Waals surface area contributed by atoms with Gasteiger partial charge >= 0.3 is 5.97 Å². The van der Waals surface area contributed by atoms with Crippen molar-refractivity contribution in [1.82, 2.24) is 4.98 Å². The monoisotopic (exact) mass is 262 g/mol. The molecule has 2 rings (SSSR count). The van der Waals surface area contributed by atoms with E-state index in [9.17, 15) is 9.90 Å². The maximum Gasteiger partial charge on any atom is 0.335 e. The molecular formula is C15H22N2O2. The van der Waals surface area contributed by atoms with Gasteiger partial charge < -0.3 is 10.4 Å². The van der Waals surface area contributed by atoms with Gasteiger partial charge in [0, 0.05) is 11.2 Å². The molecule has 0 aliphatic heterocycles. The fourth-order valence-corrected chi connectivity index (χ4v) is 2.62. The lowest BCUT2D eigenvalue weighted by Gasteiger charge is -2.26. The minimum atomic E-state index is -0.899. The molecule has 1 aliphatic rings. The molecule has 2 N–H and O–H groups in total. The quantitative estimate of drug-likeness (QED) is 0.869. The Morgan fingerprint density at radius 1 is 1.37 bits per heavy atom. The van der Waals surface area contributed by atoms with Crippen LogP contribution in [0, 0.1) is 0 Å². The Kier molecular flexibility index (Phi) is 3.78. The van der Waals surface area contributed by atoms with Crippen molar-refractivity contribution in [3.63, 3.8) is 0 Å². The Hall–Kier alpha value is -1.58. The van der Waals surface area contributed by atoms with Gasteiger partial charge in [-0.05, 0) is 37.8 Å². The van der Waals surface area contributed by atoms with Gasteiger partial charge in [0.1, 0.15) is 5.82 Å². The number of aromatic carboxylic acids is 1. The Bertz CT molecular complexity index is 477. The largest absolute Gasteiger partial charge is 0.478 e. The fourth-order valence-electron chi connectivity index (χ4n) is 2.62. The number of rotatable bonds is 4. The Morgan fingerprint density at radius 3 is 2.53 bits per heavy atom. The number of hydrogen-bond acceptors (Lipinski definition) is 3. The lowest BCUT2D eigenvalue weighted by Crippen LogP contribution is -2.31. The predicted octanol–water partition coefficient (Wildman–Crippen LogP) is 3.65. The summed E-state index contributed by atoms with van der Waals surface area (Å²) in [5.74, 6) is 0.00755. The van der Waals surface area contributed by atoms with Crippen molar-refractivity contribution in [2.45, 2.75) is 57.9 Å². The van der Waals surface area contributed by atoms with Crippen molar-refractivity contribution in [2.75, 3.05) is 5.32 Å². The fraction of sp³-hybridized carbons (Fsp3) is 0.600. The number of carboxylic acids is 1. The molecule has 1 aliphatic carbocycles. The number of nitrogens with zero attached hydrogens (tertiary/aromatic N) is 1. The van der Waals surface area contributed by atoms with Crippen molar-refractivity contribution < 1.29 is 9.90 Å². The van der Waals surface area contributed by atoms with E-state index in [1.807, 2.05) is 13.8 Å². The number of aromatic nitrogens is 1. The third-order valence-electron chi connectivity index (χ3n) is 3.82. The highest BCUT2D eigenvalue weighted by Crippen LogP contribution is 2.32. The number of hydrogen-bond donors (Lipinski definition) is 2. The van der Waals surface area contributed by atoms with E-state index in [4.69, 9.17) is 0 Å². The highest BCUT2D eigenvalue weighted by atomic mass is 16.4. The van der Waals surface area contributed by atoms with Crippen LogP contribution in [0.2, 0.25) is 0 Å². The van der Waals surface area contributed by atoms with Crippen molar-refractivity contribution in [3.05, 3.63) is 23.4 Å². The summed E-state index contributed by atoms with van der Waals surface area (Å²) in [5, 5.41) is 12.6. The molecule has 0 bridgehead atoms. The second-order valence-corrected chi connectivity index (χ2v) is 6.02. The van der Waals surface area contributed by atoms with Gasteiger partial charge in [-0.15, -0.1) is 0 Å². The van der Waals surface area contributed by atoms with Crippen LogP contribution in [0.15, 0.2) is 12.1 Å². The minimum absolute atomic E-state index is 0.0539. The molecule has 1 aromatic heterocycles. The van der Waals surface area contributed by atoms with Crippen LogP contribution < -0.4 is 5.32 Å². The topological polar surface area (TPSA) is 62.2 Å². The molecule has 4 heteroatoms. The van der Waals surface area contributed by atoms with Crippen LogP contribution >= 0.6 is 0 Å². The van der Waals surface area contributed by atoms with Crippen LogP contribution in [0.1, 0.15) is 68.4 Å². The molecule has 0 radical (unpaired) electrons. The molecule has 0 aromatic carbocycles. The van der Waals surface area contributed by atoms with Crippen LogP contribution in [-0.2, 0) is 0 Å². The molecule has 1 saturated carbocycles. The van der Waals surface area contributed by atoms with E-state index in [2.05, 4.69) is 17.2 Å². The molecule has 0 amide bonds. The van der Waals surface area contributed by atoms with E-state index in [0.29, 0.717) is 11.4 Å². The lowest BCUT2D eigenvalue weighted by molar-refractivity contribution is 0.0696. The van der Waals surface area contributed by atoms with Crippen LogP contribution in [0.5, 0.6) is 0 Å². The zero-order valence-corrected chi connectivity index (χ0v) is 11.9. The van der Waals surface area contributed by atoms with E-state index in [-0.39, 0.29) is 11.5 Å². The zero-order chi connectivity index (χ0) is 14.0. The highest BCUT2D eigenvalue weighted by molar-refractivity contribution is 5.88. The van der Waals surface area contributed by atoms with Crippen molar-refractivity contribution in [1.29, 1.82) is 0 Å². The van der Waals surface area contributed by atoms with Gasteiger partial charge in [0.25, 0.3) is 0 Å². The standard InChI is InChI=1S/C15H22N2O2/c1-10(2)12-8-11(14(18)19)9-13(16-12)17-15(3)6-4-5-7-15/h8-10H,4-7H2,1-3H3,(H,16,17)(H,18,19). The summed E-state index contributed by atoms with van der Waals surface area (Å²) < 4.78 is 0. The molecule has 104 valence electrons. The van der Waals surface area contributed by atoms with E-state index in [1.165, 1.54) is 12.8 Å². The number of carboxylic acid groups (broad SMARTS) is 1. The van der Waals surface area contributed by atoms with Crippen molar-refractivity contribution in [3.8, 4) is 0 Å². The van der Waals surface area contributed by atoms with E-state index < -0.39 is 5.97 Å². The third-order valence-corrected chi connectivity index (χ3v) is 3.82. The van der Waals surface area contributed by atoms with Crippen LogP contribution in [0.4, 0.5) is 5.82 Å². The second kappa shape index (κ2) is 5.19. The molecule has 0 unspecified atom stereocenters. The molecule has 1 fully saturated rings. The molecule has 0 atom stereocenters. The number of carbonyl (C=O) groups is 1. The van der Waals surface area contributed by atoms with Crippen LogP contribution in [0.3, 0.4) is 0 Å². The summed E-state index contributed by atoms with van der Waals surface area (Å²) in [6.07, 6.45) is 4.67. The predicted molar refractivity (Wildman–Crippen MR) is 75.8 cm³/mol. The first-order chi connectivity index (χ1) is 8.89. The molecule has 0 saturated heterocycles. The second-order valence-electron chi connectivity index (χ2n) is 6.02. The lowest BCUT2D eigenvalue weighted by atomic mass is 10.0. The zero-order valence-electron chi connectivity index (χ0n) is 11.9. The maximum atomic E-state index is 11.2. The number of anilines is 1. The highest BCUT2D eigenvalue weighted by Gasteiger charge is 2.29. The molecule has 19 heavy (non-hydrogen) atoms. The average Bonchev–Trinajstić information content (AvgIpc) is 2.75. The van der Waals surface area contributed by atoms with E-state index in [1.54, 1.807) is 12.1 Å². The summed E-state index contributed by atoms with van der Waals surface area (Å²) >= 11 is 0. The first-order valence-corrected chi connectivity index (χ1v) is 6.93. The summed E-state index contributed by atoms with van der Waals surface area (Å²) in [5.41, 5.74) is 1.19. The molecule has 0 spiro atoms. The van der Waals surface area contributed by atoms with Gasteiger partial charge in [0.2, 0.25) is 0 Å². The summed E-state index contributed by atoms with van der Waals surface area (Å²) in [4.78, 5) is 15.7. The van der Waals surface area contributed by atoms with Gasteiger partial charge in [-0.25, -0.2) is 9.78 Å². The molecule has 1 aromatic rings. The van der Waals surface area contributed by atoms with Crippen molar-refractivity contribution >= 4 is 11.8 Å². The van der Waals surface area contributed by atoms with Gasteiger partial charge in [-0.2, -0.15) is 0 Å². The molecule has 1 heterocycles. The van der Waals surface area contributed by atoms with Gasteiger partial charge in [0.05, 0.1) is 5.56 Å². The summed E-state index contributed by atoms with van der Waals surface area (Å²) in [7, 11) is 0. The number of nitrogens with one attached hydrogen (secondary N) is 1. The minimum Gasteiger partial charge on any atom is -0.478 e. The van der Waals surface area contributed by atoms with Gasteiger partial charge in [0.15, 0.2) is 0 Å². The smallest absolute Gasteiger partial charge is 0.335 e. The summed E-state index contributed by atoms with van der Waals surface area (Å²) in [6, 6.07) is 3.30. The van der Waals surface area contributed by atoms with Crippen LogP contribution in [0.25, 0.3) is 0 Å². The van der Waals surface area contributed by atoms with Gasteiger partial charge in [-0.3, -0.25) is 0 Å². The normalized spacial score (nSPS) is 17.7. The summed E-state index contributed by atoms with van der Waals surface area (Å²) in [6.45, 7) is 6.23. The Balaban J connectivity index is 2.31. The first kappa shape index (κ1) is 13.8. The molecular weight excluding hydrogens is 240 g/mol. The Morgan fingerprint density at radius 2 is 2.00 bits per heavy atom. The first-order valence-electron chi connectivity index (χ1n) is 6.93. The van der Waals surface area contributed by atoms with Gasteiger partial charge in [-0.1, -0.05) is 26.7 Å².